The Morgan fingerprint density at radius 3 is 3.00 bits per heavy atom. The fraction of sp³-hybridized carbons (Fsp3) is 0.562. The molecule has 0 spiro atoms. The molecule has 0 N–H and O–H groups in total. The number of likely N-dealkylation sites (tertiary alicyclic amines) is 1. The molecular formula is C16H21NO3. The highest BCUT2D eigenvalue weighted by Crippen LogP contribution is 2.32. The van der Waals surface area contributed by atoms with Gasteiger partial charge in [0.2, 0.25) is 6.79 Å². The van der Waals surface area contributed by atoms with E-state index >= 15 is 0 Å². The molecule has 1 aromatic carbocycles. The van der Waals surface area contributed by atoms with Crippen LogP contribution in [0.5, 0.6) is 11.5 Å². The smallest absolute Gasteiger partial charge is 0.231 e. The van der Waals surface area contributed by atoms with Crippen LogP contribution in [0, 0.1) is 5.92 Å². The zero-order chi connectivity index (χ0) is 13.9. The zero-order valence-corrected chi connectivity index (χ0v) is 11.9. The SMILES string of the molecule is CC1CCCN(CC(=O)c2ccc3c(c2)OCO3)CC1. The second kappa shape index (κ2) is 5.83. The van der Waals surface area contributed by atoms with E-state index in [0.717, 1.165) is 24.8 Å². The molecule has 1 atom stereocenters. The monoisotopic (exact) mass is 275 g/mol. The molecule has 4 nitrogen and oxygen atoms in total. The quantitative estimate of drug-likeness (QED) is 0.795. The van der Waals surface area contributed by atoms with E-state index in [-0.39, 0.29) is 12.6 Å². The molecule has 1 fully saturated rings. The summed E-state index contributed by atoms with van der Waals surface area (Å²) in [5, 5.41) is 0. The van der Waals surface area contributed by atoms with Crippen LogP contribution in [-0.4, -0.2) is 37.1 Å². The van der Waals surface area contributed by atoms with Crippen molar-refractivity contribution in [2.45, 2.75) is 26.2 Å². The van der Waals surface area contributed by atoms with Crippen molar-refractivity contribution in [2.24, 2.45) is 5.92 Å². The number of carbonyl (C=O) groups excluding carboxylic acids is 1. The molecule has 0 radical (unpaired) electrons. The third kappa shape index (κ3) is 2.96. The number of benzene rings is 1. The van der Waals surface area contributed by atoms with Gasteiger partial charge in [-0.3, -0.25) is 9.69 Å². The number of ketones is 1. The Hall–Kier alpha value is -1.55. The van der Waals surface area contributed by atoms with Gasteiger partial charge in [-0.1, -0.05) is 6.92 Å². The highest BCUT2D eigenvalue weighted by atomic mass is 16.7. The van der Waals surface area contributed by atoms with Crippen LogP contribution in [0.2, 0.25) is 0 Å². The molecule has 2 heterocycles. The van der Waals surface area contributed by atoms with Crippen molar-refractivity contribution in [1.29, 1.82) is 0 Å². The number of fused-ring (bicyclic) bond motifs is 1. The molecule has 1 unspecified atom stereocenters. The molecule has 2 aliphatic rings. The predicted octanol–water partition coefficient (Wildman–Crippen LogP) is 2.72. The molecule has 0 aliphatic carbocycles. The molecular weight excluding hydrogens is 254 g/mol. The molecule has 0 amide bonds. The van der Waals surface area contributed by atoms with Gasteiger partial charge >= 0.3 is 0 Å². The van der Waals surface area contributed by atoms with E-state index in [1.54, 1.807) is 6.07 Å². The maximum absolute atomic E-state index is 12.4. The lowest BCUT2D eigenvalue weighted by molar-refractivity contribution is 0.0932. The van der Waals surface area contributed by atoms with Crippen molar-refractivity contribution in [3.8, 4) is 11.5 Å². The van der Waals surface area contributed by atoms with E-state index in [1.807, 2.05) is 12.1 Å². The maximum atomic E-state index is 12.4. The van der Waals surface area contributed by atoms with Crippen LogP contribution in [0.3, 0.4) is 0 Å². The second-order valence-electron chi connectivity index (χ2n) is 5.80. The first-order chi connectivity index (χ1) is 9.72. The fourth-order valence-corrected chi connectivity index (χ4v) is 2.84. The molecule has 1 aromatic rings. The molecule has 0 bridgehead atoms. The second-order valence-corrected chi connectivity index (χ2v) is 5.80. The first kappa shape index (κ1) is 13.4. The minimum absolute atomic E-state index is 0.165. The number of hydrogen-bond donors (Lipinski definition) is 0. The largest absolute Gasteiger partial charge is 0.454 e. The average Bonchev–Trinajstić information content (AvgIpc) is 2.82. The van der Waals surface area contributed by atoms with Crippen molar-refractivity contribution in [1.82, 2.24) is 4.90 Å². The van der Waals surface area contributed by atoms with Crippen molar-refractivity contribution in [3.05, 3.63) is 23.8 Å². The first-order valence-corrected chi connectivity index (χ1v) is 7.37. The zero-order valence-electron chi connectivity index (χ0n) is 11.9. The number of ether oxygens (including phenoxy) is 2. The molecule has 4 heteroatoms. The van der Waals surface area contributed by atoms with Gasteiger partial charge in [0, 0.05) is 5.56 Å². The summed E-state index contributed by atoms with van der Waals surface area (Å²) in [5.41, 5.74) is 0.714. The third-order valence-corrected chi connectivity index (χ3v) is 4.17. The summed E-state index contributed by atoms with van der Waals surface area (Å²) in [5.74, 6) is 2.35. The van der Waals surface area contributed by atoms with E-state index < -0.39 is 0 Å². The van der Waals surface area contributed by atoms with Gasteiger partial charge in [0.1, 0.15) is 0 Å². The molecule has 20 heavy (non-hydrogen) atoms. The van der Waals surface area contributed by atoms with Gasteiger partial charge in [0.25, 0.3) is 0 Å². The van der Waals surface area contributed by atoms with Gasteiger partial charge in [-0.25, -0.2) is 0 Å². The highest BCUT2D eigenvalue weighted by molar-refractivity contribution is 5.98. The average molecular weight is 275 g/mol. The number of hydrogen-bond acceptors (Lipinski definition) is 4. The first-order valence-electron chi connectivity index (χ1n) is 7.37. The van der Waals surface area contributed by atoms with Crippen molar-refractivity contribution in [2.75, 3.05) is 26.4 Å². The number of Topliss-reactive ketones (excluding diaryl/α,β-unsaturated/α-hetero) is 1. The molecule has 3 rings (SSSR count). The Balaban J connectivity index is 1.64. The summed E-state index contributed by atoms with van der Waals surface area (Å²) in [7, 11) is 0. The van der Waals surface area contributed by atoms with Crippen LogP contribution in [0.1, 0.15) is 36.5 Å². The lowest BCUT2D eigenvalue weighted by atomic mass is 10.0. The summed E-state index contributed by atoms with van der Waals surface area (Å²) in [6.45, 7) is 5.10. The minimum atomic E-state index is 0.165. The Bertz CT molecular complexity index is 500. The van der Waals surface area contributed by atoms with E-state index in [1.165, 1.54) is 19.3 Å². The van der Waals surface area contributed by atoms with E-state index in [9.17, 15) is 4.79 Å². The van der Waals surface area contributed by atoms with Crippen molar-refractivity contribution in [3.63, 3.8) is 0 Å². The molecule has 2 aliphatic heterocycles. The topological polar surface area (TPSA) is 38.8 Å². The number of carbonyl (C=O) groups is 1. The van der Waals surface area contributed by atoms with Gasteiger partial charge in [-0.05, 0) is 56.5 Å². The lowest BCUT2D eigenvalue weighted by Crippen LogP contribution is -2.30. The summed E-state index contributed by atoms with van der Waals surface area (Å²) >= 11 is 0. The lowest BCUT2D eigenvalue weighted by Gasteiger charge is -2.18. The Labute approximate surface area is 119 Å². The summed E-state index contributed by atoms with van der Waals surface area (Å²) in [6.07, 6.45) is 3.65. The Morgan fingerprint density at radius 2 is 2.10 bits per heavy atom. The fourth-order valence-electron chi connectivity index (χ4n) is 2.84. The van der Waals surface area contributed by atoms with Gasteiger partial charge in [0.15, 0.2) is 17.3 Å². The maximum Gasteiger partial charge on any atom is 0.231 e. The molecule has 1 saturated heterocycles. The normalized spacial score (nSPS) is 22.6. The highest BCUT2D eigenvalue weighted by Gasteiger charge is 2.19. The molecule has 108 valence electrons. The van der Waals surface area contributed by atoms with Gasteiger partial charge in [-0.15, -0.1) is 0 Å². The van der Waals surface area contributed by atoms with Gasteiger partial charge in [0.05, 0.1) is 6.54 Å². The summed E-state index contributed by atoms with van der Waals surface area (Å²) in [6, 6.07) is 5.45. The standard InChI is InChI=1S/C16H21NO3/c1-12-3-2-7-17(8-6-12)10-14(18)13-4-5-15-16(9-13)20-11-19-15/h4-5,9,12H,2-3,6-8,10-11H2,1H3. The predicted molar refractivity (Wildman–Crippen MR) is 76.4 cm³/mol. The molecule has 0 saturated carbocycles. The minimum Gasteiger partial charge on any atom is -0.454 e. The Kier molecular flexibility index (Phi) is 3.92. The van der Waals surface area contributed by atoms with Crippen LogP contribution in [-0.2, 0) is 0 Å². The van der Waals surface area contributed by atoms with E-state index in [0.29, 0.717) is 17.9 Å². The van der Waals surface area contributed by atoms with Crippen LogP contribution in [0.4, 0.5) is 0 Å². The number of nitrogens with zero attached hydrogens (tertiary/aromatic N) is 1. The summed E-state index contributed by atoms with van der Waals surface area (Å²) < 4.78 is 10.6. The number of rotatable bonds is 3. The summed E-state index contributed by atoms with van der Waals surface area (Å²) in [4.78, 5) is 14.6. The van der Waals surface area contributed by atoms with Crippen LogP contribution in [0.25, 0.3) is 0 Å². The molecule has 0 aromatic heterocycles. The Morgan fingerprint density at radius 1 is 1.25 bits per heavy atom. The van der Waals surface area contributed by atoms with Crippen molar-refractivity contribution >= 4 is 5.78 Å². The van der Waals surface area contributed by atoms with Crippen LogP contribution < -0.4 is 9.47 Å². The van der Waals surface area contributed by atoms with Crippen LogP contribution in [0.15, 0.2) is 18.2 Å². The third-order valence-electron chi connectivity index (χ3n) is 4.17. The van der Waals surface area contributed by atoms with Crippen LogP contribution >= 0.6 is 0 Å². The van der Waals surface area contributed by atoms with Crippen molar-refractivity contribution < 1.29 is 14.3 Å². The van der Waals surface area contributed by atoms with Gasteiger partial charge < -0.3 is 9.47 Å². The van der Waals surface area contributed by atoms with E-state index in [4.69, 9.17) is 9.47 Å². The van der Waals surface area contributed by atoms with Gasteiger partial charge in [-0.2, -0.15) is 0 Å². The van der Waals surface area contributed by atoms with E-state index in [2.05, 4.69) is 11.8 Å².